The third kappa shape index (κ3) is 4.63. The number of fused-ring (bicyclic) bond motifs is 1. The Balaban J connectivity index is 2.03. The van der Waals surface area contributed by atoms with E-state index in [2.05, 4.69) is 15.3 Å². The molecule has 0 spiro atoms. The van der Waals surface area contributed by atoms with Gasteiger partial charge in [-0.25, -0.2) is 9.97 Å². The molecule has 3 rings (SSSR count). The number of anilines is 2. The molecule has 160 valence electrons. The highest BCUT2D eigenvalue weighted by molar-refractivity contribution is 7.98. The van der Waals surface area contributed by atoms with Crippen LogP contribution in [-0.2, 0) is 4.74 Å². The average molecular weight is 432 g/mol. The zero-order valence-electron chi connectivity index (χ0n) is 17.6. The van der Waals surface area contributed by atoms with Crippen LogP contribution in [0.3, 0.4) is 0 Å². The van der Waals surface area contributed by atoms with Crippen molar-refractivity contribution in [1.82, 2.24) is 9.97 Å². The summed E-state index contributed by atoms with van der Waals surface area (Å²) in [5.41, 5.74) is 1.44. The van der Waals surface area contributed by atoms with Gasteiger partial charge in [-0.05, 0) is 18.4 Å². The maximum absolute atomic E-state index is 5.76. The second-order valence-corrected chi connectivity index (χ2v) is 6.96. The lowest BCUT2D eigenvalue weighted by atomic mass is 10.2. The zero-order chi connectivity index (χ0) is 21.5. The van der Waals surface area contributed by atoms with Gasteiger partial charge >= 0.3 is 0 Å². The van der Waals surface area contributed by atoms with Crippen molar-refractivity contribution in [2.24, 2.45) is 0 Å². The normalized spacial score (nSPS) is 10.7. The number of methoxy groups -OCH3 is 4. The topological polar surface area (TPSA) is 84.0 Å². The van der Waals surface area contributed by atoms with Crippen molar-refractivity contribution in [3.8, 4) is 23.0 Å². The van der Waals surface area contributed by atoms with Crippen LogP contribution < -0.4 is 24.3 Å². The minimum absolute atomic E-state index is 0.410. The highest BCUT2D eigenvalue weighted by atomic mass is 32.2. The number of benzene rings is 2. The molecule has 9 heteroatoms. The van der Waals surface area contributed by atoms with Crippen molar-refractivity contribution >= 4 is 34.2 Å². The van der Waals surface area contributed by atoms with Crippen LogP contribution in [0.25, 0.3) is 10.9 Å². The monoisotopic (exact) mass is 431 g/mol. The largest absolute Gasteiger partial charge is 0.496 e. The Labute approximate surface area is 179 Å². The Kier molecular flexibility index (Phi) is 7.42. The first-order valence-corrected chi connectivity index (χ1v) is 10.4. The van der Waals surface area contributed by atoms with Gasteiger partial charge in [-0.2, -0.15) is 0 Å². The summed E-state index contributed by atoms with van der Waals surface area (Å²) in [5, 5.41) is 4.11. The second kappa shape index (κ2) is 10.2. The molecule has 1 heterocycles. The van der Waals surface area contributed by atoms with E-state index >= 15 is 0 Å². The smallest absolute Gasteiger partial charge is 0.163 e. The van der Waals surface area contributed by atoms with Crippen LogP contribution in [0.15, 0.2) is 35.5 Å². The Hall–Kier alpha value is -2.91. The van der Waals surface area contributed by atoms with E-state index in [1.54, 1.807) is 40.2 Å². The van der Waals surface area contributed by atoms with Crippen molar-refractivity contribution in [3.63, 3.8) is 0 Å². The SMILES string of the molecule is COCCOc1cc2ncnc(Nc3cc(OC)c(SC)cc3OC)c2cc1OC. The van der Waals surface area contributed by atoms with Crippen LogP contribution in [0.4, 0.5) is 11.5 Å². The molecule has 0 aliphatic heterocycles. The first-order valence-electron chi connectivity index (χ1n) is 9.16. The van der Waals surface area contributed by atoms with E-state index in [-0.39, 0.29) is 0 Å². The molecule has 3 aromatic rings. The van der Waals surface area contributed by atoms with Crippen molar-refractivity contribution in [2.45, 2.75) is 4.90 Å². The number of hydrogen-bond donors (Lipinski definition) is 1. The van der Waals surface area contributed by atoms with Crippen molar-refractivity contribution in [3.05, 3.63) is 30.6 Å². The molecule has 30 heavy (non-hydrogen) atoms. The minimum Gasteiger partial charge on any atom is -0.496 e. The van der Waals surface area contributed by atoms with Crippen LogP contribution in [0.2, 0.25) is 0 Å². The van der Waals surface area contributed by atoms with E-state index < -0.39 is 0 Å². The van der Waals surface area contributed by atoms with Gasteiger partial charge in [-0.15, -0.1) is 11.8 Å². The number of thioether (sulfide) groups is 1. The molecule has 0 saturated heterocycles. The number of hydrogen-bond acceptors (Lipinski definition) is 9. The summed E-state index contributed by atoms with van der Waals surface area (Å²) in [6.07, 6.45) is 3.48. The quantitative estimate of drug-likeness (QED) is 0.376. The third-order valence-corrected chi connectivity index (χ3v) is 5.18. The van der Waals surface area contributed by atoms with Gasteiger partial charge < -0.3 is 29.0 Å². The fourth-order valence-corrected chi connectivity index (χ4v) is 3.49. The second-order valence-electron chi connectivity index (χ2n) is 6.12. The molecule has 0 aliphatic carbocycles. The lowest BCUT2D eigenvalue weighted by Gasteiger charge is -2.16. The summed E-state index contributed by atoms with van der Waals surface area (Å²) in [6, 6.07) is 7.49. The van der Waals surface area contributed by atoms with Gasteiger partial charge in [0.2, 0.25) is 0 Å². The molecule has 1 N–H and O–H groups in total. The van der Waals surface area contributed by atoms with Crippen LogP contribution in [0, 0.1) is 0 Å². The lowest BCUT2D eigenvalue weighted by molar-refractivity contribution is 0.144. The molecule has 0 radical (unpaired) electrons. The van der Waals surface area contributed by atoms with E-state index in [1.807, 2.05) is 30.5 Å². The maximum Gasteiger partial charge on any atom is 0.163 e. The summed E-state index contributed by atoms with van der Waals surface area (Å²) < 4.78 is 27.4. The number of ether oxygens (including phenoxy) is 5. The molecule has 0 saturated carbocycles. The van der Waals surface area contributed by atoms with Crippen molar-refractivity contribution in [1.29, 1.82) is 0 Å². The van der Waals surface area contributed by atoms with E-state index in [1.165, 1.54) is 6.33 Å². The predicted octanol–water partition coefficient (Wildman–Crippen LogP) is 4.15. The molecule has 2 aromatic carbocycles. The van der Waals surface area contributed by atoms with Gasteiger partial charge in [-0.1, -0.05) is 0 Å². The fourth-order valence-electron chi connectivity index (χ4n) is 2.93. The summed E-state index contributed by atoms with van der Waals surface area (Å²) in [5.74, 6) is 3.21. The zero-order valence-corrected chi connectivity index (χ0v) is 18.5. The molecule has 0 atom stereocenters. The maximum atomic E-state index is 5.76. The van der Waals surface area contributed by atoms with Crippen molar-refractivity contribution < 1.29 is 23.7 Å². The number of nitrogens with zero attached hydrogens (tertiary/aromatic N) is 2. The molecule has 0 bridgehead atoms. The van der Waals surface area contributed by atoms with Crippen LogP contribution >= 0.6 is 11.8 Å². The van der Waals surface area contributed by atoms with Gasteiger partial charge in [0.05, 0.1) is 44.0 Å². The first-order chi connectivity index (χ1) is 14.6. The van der Waals surface area contributed by atoms with Crippen LogP contribution in [-0.4, -0.2) is 57.9 Å². The van der Waals surface area contributed by atoms with E-state index in [0.717, 1.165) is 21.7 Å². The average Bonchev–Trinajstić information content (AvgIpc) is 2.78. The summed E-state index contributed by atoms with van der Waals surface area (Å²) in [7, 11) is 6.49. The van der Waals surface area contributed by atoms with Crippen LogP contribution in [0.1, 0.15) is 0 Å². The van der Waals surface area contributed by atoms with Gasteiger partial charge in [0.25, 0.3) is 0 Å². The summed E-state index contributed by atoms with van der Waals surface area (Å²) in [4.78, 5) is 9.77. The van der Waals surface area contributed by atoms with E-state index in [0.29, 0.717) is 41.8 Å². The molecular weight excluding hydrogens is 406 g/mol. The highest BCUT2D eigenvalue weighted by Crippen LogP contribution is 2.40. The number of rotatable bonds is 10. The fraction of sp³-hybridized carbons (Fsp3) is 0.333. The molecule has 0 fully saturated rings. The third-order valence-electron chi connectivity index (χ3n) is 4.42. The van der Waals surface area contributed by atoms with Gasteiger partial charge in [0.1, 0.15) is 30.3 Å². The Bertz CT molecular complexity index is 1020. The Morgan fingerprint density at radius 2 is 1.60 bits per heavy atom. The molecule has 0 aliphatic rings. The minimum atomic E-state index is 0.410. The standard InChI is InChI=1S/C21H25N3O5S/c1-25-6-7-29-18-9-14-13(8-17(18)27-3)21(23-12-22-14)24-15-10-19(28-4)20(30-5)11-16(15)26-2/h8-12H,6-7H2,1-5H3,(H,22,23,24). The Morgan fingerprint density at radius 3 is 2.27 bits per heavy atom. The van der Waals surface area contributed by atoms with E-state index in [9.17, 15) is 0 Å². The number of aromatic nitrogens is 2. The summed E-state index contributed by atoms with van der Waals surface area (Å²) in [6.45, 7) is 0.888. The molecule has 0 amide bonds. The van der Waals surface area contributed by atoms with Gasteiger partial charge in [0.15, 0.2) is 11.5 Å². The first kappa shape index (κ1) is 21.8. The molecule has 0 unspecified atom stereocenters. The molecular formula is C21H25N3O5S. The van der Waals surface area contributed by atoms with Crippen LogP contribution in [0.5, 0.6) is 23.0 Å². The lowest BCUT2D eigenvalue weighted by Crippen LogP contribution is -2.06. The van der Waals surface area contributed by atoms with Gasteiger partial charge in [0, 0.05) is 24.6 Å². The predicted molar refractivity (Wildman–Crippen MR) is 118 cm³/mol. The van der Waals surface area contributed by atoms with E-state index in [4.69, 9.17) is 23.7 Å². The van der Waals surface area contributed by atoms with Gasteiger partial charge in [-0.3, -0.25) is 0 Å². The highest BCUT2D eigenvalue weighted by Gasteiger charge is 2.15. The molecule has 1 aromatic heterocycles. The molecule has 8 nitrogen and oxygen atoms in total. The number of nitrogens with one attached hydrogen (secondary N) is 1. The summed E-state index contributed by atoms with van der Waals surface area (Å²) >= 11 is 1.58. The van der Waals surface area contributed by atoms with Crippen molar-refractivity contribution in [2.75, 3.05) is 53.2 Å². The Morgan fingerprint density at radius 1 is 0.833 bits per heavy atom.